The lowest BCUT2D eigenvalue weighted by Gasteiger charge is -2.37. The van der Waals surface area contributed by atoms with E-state index in [0.29, 0.717) is 11.5 Å². The van der Waals surface area contributed by atoms with Gasteiger partial charge in [-0.15, -0.1) is 0 Å². The van der Waals surface area contributed by atoms with Gasteiger partial charge in [-0.1, -0.05) is 18.9 Å². The van der Waals surface area contributed by atoms with Crippen molar-refractivity contribution in [2.45, 2.75) is 51.0 Å². The Kier molecular flexibility index (Phi) is 4.42. The minimum atomic E-state index is 0.339. The van der Waals surface area contributed by atoms with Crippen LogP contribution in [0.4, 0.5) is 0 Å². The molecule has 0 aliphatic heterocycles. The predicted molar refractivity (Wildman–Crippen MR) is 64.2 cm³/mol. The van der Waals surface area contributed by atoms with Gasteiger partial charge in [-0.25, -0.2) is 0 Å². The van der Waals surface area contributed by atoms with Crippen LogP contribution in [0.1, 0.15) is 44.9 Å². The number of allylic oxidation sites excluding steroid dienone is 1. The summed E-state index contributed by atoms with van der Waals surface area (Å²) in [5.74, 6) is 0. The van der Waals surface area contributed by atoms with Gasteiger partial charge in [-0.3, -0.25) is 0 Å². The molecule has 2 heteroatoms. The molecule has 0 bridgehead atoms. The van der Waals surface area contributed by atoms with E-state index in [0.717, 1.165) is 32.5 Å². The van der Waals surface area contributed by atoms with Crippen molar-refractivity contribution in [2.24, 2.45) is 5.41 Å². The zero-order chi connectivity index (χ0) is 11.3. The first kappa shape index (κ1) is 12.1. The smallest absolute Gasteiger partial charge is 0.0669 e. The highest BCUT2D eigenvalue weighted by Gasteiger charge is 2.40. The maximum Gasteiger partial charge on any atom is 0.0669 e. The highest BCUT2D eigenvalue weighted by atomic mass is 16.5. The molecule has 2 aliphatic carbocycles. The van der Waals surface area contributed by atoms with Crippen LogP contribution in [-0.4, -0.2) is 26.4 Å². The molecule has 1 radical (unpaired) electrons. The van der Waals surface area contributed by atoms with Crippen LogP contribution in [-0.2, 0) is 9.47 Å². The van der Waals surface area contributed by atoms with E-state index in [4.69, 9.17) is 9.47 Å². The molecule has 0 aromatic heterocycles. The second-order valence-corrected chi connectivity index (χ2v) is 5.03. The summed E-state index contributed by atoms with van der Waals surface area (Å²) >= 11 is 0. The molecular weight excluding hydrogens is 200 g/mol. The van der Waals surface area contributed by atoms with Crippen molar-refractivity contribution >= 4 is 0 Å². The fourth-order valence-corrected chi connectivity index (χ4v) is 3.05. The fraction of sp³-hybridized carbons (Fsp3) is 0.857. The van der Waals surface area contributed by atoms with E-state index < -0.39 is 0 Å². The van der Waals surface area contributed by atoms with Crippen molar-refractivity contribution < 1.29 is 9.47 Å². The lowest BCUT2D eigenvalue weighted by Crippen LogP contribution is -2.35. The molecule has 0 amide bonds. The van der Waals surface area contributed by atoms with Gasteiger partial charge in [0.1, 0.15) is 0 Å². The molecule has 1 unspecified atom stereocenters. The summed E-state index contributed by atoms with van der Waals surface area (Å²) in [6.45, 7) is 1.65. The minimum absolute atomic E-state index is 0.339. The van der Waals surface area contributed by atoms with E-state index in [1.165, 1.54) is 25.7 Å². The van der Waals surface area contributed by atoms with Gasteiger partial charge in [0.05, 0.1) is 6.10 Å². The Morgan fingerprint density at radius 1 is 1.31 bits per heavy atom. The van der Waals surface area contributed by atoms with E-state index >= 15 is 0 Å². The molecule has 1 saturated carbocycles. The van der Waals surface area contributed by atoms with Gasteiger partial charge in [0.15, 0.2) is 0 Å². The molecule has 0 heterocycles. The molecule has 0 N–H and O–H groups in total. The average Bonchev–Trinajstić information content (AvgIpc) is 2.76. The second kappa shape index (κ2) is 5.83. The third-order valence-electron chi connectivity index (χ3n) is 3.93. The first-order valence-corrected chi connectivity index (χ1v) is 6.56. The predicted octanol–water partition coefficient (Wildman–Crippen LogP) is 3.12. The Hall–Kier alpha value is -0.340. The van der Waals surface area contributed by atoms with Crippen molar-refractivity contribution in [3.8, 4) is 0 Å². The summed E-state index contributed by atoms with van der Waals surface area (Å²) in [7, 11) is 1.75. The van der Waals surface area contributed by atoms with E-state index in [2.05, 4.69) is 12.2 Å². The van der Waals surface area contributed by atoms with Gasteiger partial charge < -0.3 is 9.47 Å². The average molecular weight is 223 g/mol. The molecule has 1 atom stereocenters. The Morgan fingerprint density at radius 3 is 2.88 bits per heavy atom. The molecule has 2 aliphatic rings. The number of hydrogen-bond donors (Lipinski definition) is 0. The molecule has 1 spiro atoms. The molecule has 2 rings (SSSR count). The largest absolute Gasteiger partial charge is 0.385 e. The summed E-state index contributed by atoms with van der Waals surface area (Å²) in [5, 5.41) is 0. The van der Waals surface area contributed by atoms with Crippen molar-refractivity contribution in [1.82, 2.24) is 0 Å². The highest BCUT2D eigenvalue weighted by molar-refractivity contribution is 5.07. The van der Waals surface area contributed by atoms with E-state index in [1.54, 1.807) is 7.11 Å². The van der Waals surface area contributed by atoms with Crippen molar-refractivity contribution in [3.05, 3.63) is 12.2 Å². The number of ether oxygens (including phenoxy) is 2. The van der Waals surface area contributed by atoms with E-state index in [9.17, 15) is 0 Å². The summed E-state index contributed by atoms with van der Waals surface area (Å²) in [4.78, 5) is 0. The lowest BCUT2D eigenvalue weighted by atomic mass is 9.75. The number of hydrogen-bond acceptors (Lipinski definition) is 2. The van der Waals surface area contributed by atoms with Crippen LogP contribution in [0.15, 0.2) is 6.08 Å². The zero-order valence-corrected chi connectivity index (χ0v) is 10.3. The van der Waals surface area contributed by atoms with E-state index in [-0.39, 0.29) is 0 Å². The van der Waals surface area contributed by atoms with Crippen LogP contribution >= 0.6 is 0 Å². The zero-order valence-electron chi connectivity index (χ0n) is 10.3. The third-order valence-corrected chi connectivity index (χ3v) is 3.93. The summed E-state index contributed by atoms with van der Waals surface area (Å²) in [6.07, 6.45) is 14.7. The molecule has 16 heavy (non-hydrogen) atoms. The Morgan fingerprint density at radius 2 is 2.12 bits per heavy atom. The number of methoxy groups -OCH3 is 1. The fourth-order valence-electron chi connectivity index (χ4n) is 3.05. The minimum Gasteiger partial charge on any atom is -0.385 e. The van der Waals surface area contributed by atoms with Gasteiger partial charge in [0.2, 0.25) is 0 Å². The quantitative estimate of drug-likeness (QED) is 0.667. The molecule has 0 aromatic carbocycles. The second-order valence-electron chi connectivity index (χ2n) is 5.03. The molecule has 0 aromatic rings. The SMILES string of the molecule is COCCCOC1CC[C]=CC12CCCC2. The maximum absolute atomic E-state index is 6.07. The molecule has 2 nitrogen and oxygen atoms in total. The van der Waals surface area contributed by atoms with Crippen LogP contribution in [0.2, 0.25) is 0 Å². The van der Waals surface area contributed by atoms with Crippen LogP contribution in [0, 0.1) is 11.5 Å². The van der Waals surface area contributed by atoms with E-state index in [1.807, 2.05) is 0 Å². The Bertz CT molecular complexity index is 229. The summed E-state index contributed by atoms with van der Waals surface area (Å²) in [5.41, 5.74) is 0.339. The third kappa shape index (κ3) is 2.67. The summed E-state index contributed by atoms with van der Waals surface area (Å²) in [6, 6.07) is 0. The Labute approximate surface area is 99.0 Å². The molecule has 0 saturated heterocycles. The number of rotatable bonds is 5. The van der Waals surface area contributed by atoms with Gasteiger partial charge in [0, 0.05) is 25.7 Å². The van der Waals surface area contributed by atoms with Crippen LogP contribution in [0.5, 0.6) is 0 Å². The molecule has 1 fully saturated rings. The monoisotopic (exact) mass is 223 g/mol. The molecular formula is C14H23O2. The first-order chi connectivity index (χ1) is 7.87. The van der Waals surface area contributed by atoms with Gasteiger partial charge in [-0.2, -0.15) is 0 Å². The van der Waals surface area contributed by atoms with Gasteiger partial charge in [0.25, 0.3) is 0 Å². The van der Waals surface area contributed by atoms with Crippen molar-refractivity contribution in [1.29, 1.82) is 0 Å². The van der Waals surface area contributed by atoms with Gasteiger partial charge >= 0.3 is 0 Å². The van der Waals surface area contributed by atoms with Crippen LogP contribution in [0.3, 0.4) is 0 Å². The van der Waals surface area contributed by atoms with Gasteiger partial charge in [-0.05, 0) is 38.2 Å². The standard InChI is InChI=1S/C14H23O2/c1-15-11-6-12-16-13-7-2-3-8-14(13)9-4-5-10-14/h8,13H,2,4-7,9-12H2,1H3. The Balaban J connectivity index is 1.84. The topological polar surface area (TPSA) is 18.5 Å². The highest BCUT2D eigenvalue weighted by Crippen LogP contribution is 2.46. The summed E-state index contributed by atoms with van der Waals surface area (Å²) < 4.78 is 11.1. The van der Waals surface area contributed by atoms with Crippen LogP contribution in [0.25, 0.3) is 0 Å². The van der Waals surface area contributed by atoms with Crippen molar-refractivity contribution in [3.63, 3.8) is 0 Å². The normalized spacial score (nSPS) is 27.7. The molecule has 91 valence electrons. The maximum atomic E-state index is 6.07. The lowest BCUT2D eigenvalue weighted by molar-refractivity contribution is -0.0326. The first-order valence-electron chi connectivity index (χ1n) is 6.56. The van der Waals surface area contributed by atoms with Crippen LogP contribution < -0.4 is 0 Å². The van der Waals surface area contributed by atoms with Crippen molar-refractivity contribution in [2.75, 3.05) is 20.3 Å².